The van der Waals surface area contributed by atoms with Gasteiger partial charge in [-0.3, -0.25) is 4.72 Å². The molecule has 0 aliphatic rings. The van der Waals surface area contributed by atoms with Gasteiger partial charge in [-0.05, 0) is 48.4 Å². The molecule has 30 heavy (non-hydrogen) atoms. The Kier molecular flexibility index (Phi) is 4.68. The van der Waals surface area contributed by atoms with Crippen molar-refractivity contribution >= 4 is 49.5 Å². The highest BCUT2D eigenvalue weighted by atomic mass is 32.2. The third-order valence-corrected chi connectivity index (χ3v) is 6.76. The minimum Gasteiger partial charge on any atom is -0.342 e. The molecule has 0 bridgehead atoms. The zero-order valence-corrected chi connectivity index (χ0v) is 17.4. The van der Waals surface area contributed by atoms with Crippen LogP contribution in [0.2, 0.25) is 0 Å². The molecule has 0 amide bonds. The van der Waals surface area contributed by atoms with Crippen molar-refractivity contribution in [2.75, 3.05) is 4.72 Å². The van der Waals surface area contributed by atoms with E-state index < -0.39 is 10.0 Å². The average molecular weight is 436 g/mol. The molecule has 9 heteroatoms. The van der Waals surface area contributed by atoms with Gasteiger partial charge in [0.15, 0.2) is 0 Å². The van der Waals surface area contributed by atoms with E-state index in [0.717, 1.165) is 47.0 Å². The molecule has 0 aliphatic carbocycles. The minimum absolute atomic E-state index is 0.126. The molecule has 2 aromatic heterocycles. The molecule has 0 saturated carbocycles. The van der Waals surface area contributed by atoms with Crippen LogP contribution >= 0.6 is 11.7 Å². The first-order valence-electron chi connectivity index (χ1n) is 9.35. The second kappa shape index (κ2) is 7.51. The molecule has 0 saturated heterocycles. The number of imidazole rings is 1. The van der Waals surface area contributed by atoms with Crippen LogP contribution in [0.1, 0.15) is 11.4 Å². The molecule has 0 aliphatic heterocycles. The Bertz CT molecular complexity index is 1420. The Hall–Kier alpha value is -3.30. The lowest BCUT2D eigenvalue weighted by molar-refractivity contribution is 0.602. The lowest BCUT2D eigenvalue weighted by Gasteiger charge is -2.10. The van der Waals surface area contributed by atoms with Crippen LogP contribution in [0.5, 0.6) is 0 Å². The van der Waals surface area contributed by atoms with Crippen LogP contribution in [0, 0.1) is 0 Å². The van der Waals surface area contributed by atoms with E-state index in [1.54, 1.807) is 18.2 Å². The molecule has 5 aromatic rings. The molecule has 0 atom stereocenters. The maximum Gasteiger partial charge on any atom is 0.264 e. The zero-order chi connectivity index (χ0) is 20.6. The summed E-state index contributed by atoms with van der Waals surface area (Å²) in [5.41, 5.74) is 4.44. The van der Waals surface area contributed by atoms with E-state index in [1.807, 2.05) is 42.5 Å². The topological polar surface area (TPSA) is 101 Å². The number of aromatic amines is 1. The first-order chi connectivity index (χ1) is 14.6. The zero-order valence-electron chi connectivity index (χ0n) is 15.7. The quantitative estimate of drug-likeness (QED) is 0.417. The molecule has 7 nitrogen and oxygen atoms in total. The summed E-state index contributed by atoms with van der Waals surface area (Å²) < 4.78 is 36.7. The van der Waals surface area contributed by atoms with Crippen LogP contribution in [-0.4, -0.2) is 27.1 Å². The number of nitrogens with zero attached hydrogens (tertiary/aromatic N) is 3. The van der Waals surface area contributed by atoms with E-state index in [9.17, 15) is 8.42 Å². The van der Waals surface area contributed by atoms with Gasteiger partial charge >= 0.3 is 0 Å². The van der Waals surface area contributed by atoms with Gasteiger partial charge in [-0.1, -0.05) is 30.3 Å². The lowest BCUT2D eigenvalue weighted by atomic mass is 10.1. The summed E-state index contributed by atoms with van der Waals surface area (Å²) in [5.74, 6) is 0.907. The molecule has 150 valence electrons. The number of nitrogens with one attached hydrogen (secondary N) is 2. The summed E-state index contributed by atoms with van der Waals surface area (Å²) >= 11 is 0.997. The van der Waals surface area contributed by atoms with Gasteiger partial charge in [0, 0.05) is 12.1 Å². The van der Waals surface area contributed by atoms with E-state index in [2.05, 4.69) is 23.4 Å². The van der Waals surface area contributed by atoms with Crippen molar-refractivity contribution in [2.45, 2.75) is 17.7 Å². The Morgan fingerprint density at radius 1 is 0.900 bits per heavy atom. The van der Waals surface area contributed by atoms with Crippen molar-refractivity contribution < 1.29 is 8.42 Å². The van der Waals surface area contributed by atoms with Gasteiger partial charge in [0.2, 0.25) is 0 Å². The van der Waals surface area contributed by atoms with Crippen LogP contribution in [0.4, 0.5) is 5.69 Å². The van der Waals surface area contributed by atoms with Crippen LogP contribution < -0.4 is 4.72 Å². The van der Waals surface area contributed by atoms with E-state index in [4.69, 9.17) is 0 Å². The van der Waals surface area contributed by atoms with Gasteiger partial charge in [0.05, 0.1) is 22.8 Å². The van der Waals surface area contributed by atoms with E-state index in [1.165, 1.54) is 6.07 Å². The fourth-order valence-corrected chi connectivity index (χ4v) is 5.20. The normalized spacial score (nSPS) is 11.9. The van der Waals surface area contributed by atoms with E-state index in [0.29, 0.717) is 16.7 Å². The number of hydrogen-bond donors (Lipinski definition) is 2. The number of benzene rings is 3. The largest absolute Gasteiger partial charge is 0.342 e. The number of anilines is 1. The van der Waals surface area contributed by atoms with Crippen molar-refractivity contribution in [2.24, 2.45) is 0 Å². The van der Waals surface area contributed by atoms with Gasteiger partial charge < -0.3 is 4.98 Å². The molecule has 0 fully saturated rings. The monoisotopic (exact) mass is 435 g/mol. The molecular formula is C21H17N5O2S2. The smallest absolute Gasteiger partial charge is 0.264 e. The predicted octanol–water partition coefficient (Wildman–Crippen LogP) is 4.15. The van der Waals surface area contributed by atoms with Gasteiger partial charge in [-0.2, -0.15) is 8.75 Å². The molecule has 0 radical (unpaired) electrons. The number of rotatable bonds is 6. The molecule has 0 spiro atoms. The van der Waals surface area contributed by atoms with Crippen LogP contribution in [0.25, 0.3) is 22.1 Å². The Morgan fingerprint density at radius 3 is 2.63 bits per heavy atom. The average Bonchev–Trinajstić information content (AvgIpc) is 3.38. The molecule has 5 rings (SSSR count). The fraction of sp³-hybridized carbons (Fsp3) is 0.0952. The van der Waals surface area contributed by atoms with Crippen LogP contribution in [0.3, 0.4) is 0 Å². The van der Waals surface area contributed by atoms with E-state index >= 15 is 0 Å². The van der Waals surface area contributed by atoms with Crippen LogP contribution in [0.15, 0.2) is 71.6 Å². The molecule has 0 unspecified atom stereocenters. The highest BCUT2D eigenvalue weighted by Crippen LogP contribution is 2.24. The highest BCUT2D eigenvalue weighted by Gasteiger charge is 2.19. The minimum atomic E-state index is -3.78. The van der Waals surface area contributed by atoms with E-state index in [-0.39, 0.29) is 4.90 Å². The summed E-state index contributed by atoms with van der Waals surface area (Å²) in [7, 11) is -3.78. The van der Waals surface area contributed by atoms with Crippen molar-refractivity contribution in [1.82, 2.24) is 18.7 Å². The third kappa shape index (κ3) is 3.64. The fourth-order valence-electron chi connectivity index (χ4n) is 3.39. The second-order valence-electron chi connectivity index (χ2n) is 6.89. The van der Waals surface area contributed by atoms with Crippen molar-refractivity contribution in [1.29, 1.82) is 0 Å². The number of aryl methyl sites for hydroxylation is 2. The Labute approximate surface area is 177 Å². The highest BCUT2D eigenvalue weighted by molar-refractivity contribution is 7.93. The molecule has 2 heterocycles. The number of aromatic nitrogens is 4. The predicted molar refractivity (Wildman–Crippen MR) is 118 cm³/mol. The standard InChI is InChI=1S/C21H17N5O2S2/c27-30(28,19-10-4-9-18-21(19)25-29-24-18)26-15-6-3-5-14(13-15)11-12-20-22-16-7-1-2-8-17(16)23-20/h1-10,13,26H,11-12H2,(H,22,23). The summed E-state index contributed by atoms with van der Waals surface area (Å²) in [6, 6.07) is 20.3. The third-order valence-electron chi connectivity index (χ3n) is 4.81. The van der Waals surface area contributed by atoms with Gasteiger partial charge in [-0.25, -0.2) is 13.4 Å². The first-order valence-corrected chi connectivity index (χ1v) is 11.6. The van der Waals surface area contributed by atoms with Crippen LogP contribution in [-0.2, 0) is 22.9 Å². The number of hydrogen-bond acceptors (Lipinski definition) is 6. The van der Waals surface area contributed by atoms with Crippen molar-refractivity contribution in [3.63, 3.8) is 0 Å². The summed E-state index contributed by atoms with van der Waals surface area (Å²) in [6.07, 6.45) is 1.47. The summed E-state index contributed by atoms with van der Waals surface area (Å²) in [6.45, 7) is 0. The Balaban J connectivity index is 1.35. The first kappa shape index (κ1) is 18.7. The molecular weight excluding hydrogens is 418 g/mol. The van der Waals surface area contributed by atoms with Gasteiger partial charge in [-0.15, -0.1) is 0 Å². The number of sulfonamides is 1. The van der Waals surface area contributed by atoms with Gasteiger partial charge in [0.25, 0.3) is 10.0 Å². The second-order valence-corrected chi connectivity index (χ2v) is 9.07. The maximum absolute atomic E-state index is 12.9. The number of H-pyrrole nitrogens is 1. The summed E-state index contributed by atoms with van der Waals surface area (Å²) in [4.78, 5) is 8.04. The summed E-state index contributed by atoms with van der Waals surface area (Å²) in [5, 5.41) is 0. The molecule has 2 N–H and O–H groups in total. The van der Waals surface area contributed by atoms with Gasteiger partial charge in [0.1, 0.15) is 21.8 Å². The number of para-hydroxylation sites is 2. The molecule has 3 aromatic carbocycles. The maximum atomic E-state index is 12.9. The number of fused-ring (bicyclic) bond motifs is 2. The van der Waals surface area contributed by atoms with Crippen molar-refractivity contribution in [3.8, 4) is 0 Å². The van der Waals surface area contributed by atoms with Crippen molar-refractivity contribution in [3.05, 3.63) is 78.1 Å². The Morgan fingerprint density at radius 2 is 1.73 bits per heavy atom. The lowest BCUT2D eigenvalue weighted by Crippen LogP contribution is -2.13. The SMILES string of the molecule is O=S(=O)(Nc1cccc(CCc2nc3ccccc3[nH]2)c1)c1cccc2nsnc12.